The van der Waals surface area contributed by atoms with Crippen molar-refractivity contribution in [2.75, 3.05) is 13.1 Å². The summed E-state index contributed by atoms with van der Waals surface area (Å²) >= 11 is 0. The second-order valence-corrected chi connectivity index (χ2v) is 5.15. The molecule has 1 fully saturated rings. The lowest BCUT2D eigenvalue weighted by molar-refractivity contribution is 0.219. The molecule has 0 aromatic carbocycles. The molecule has 1 aliphatic heterocycles. The number of likely N-dealkylation sites (tertiary alicyclic amines) is 1. The third-order valence-electron chi connectivity index (χ3n) is 3.10. The predicted octanol–water partition coefficient (Wildman–Crippen LogP) is 3.93. The molecule has 0 aromatic heterocycles. The second-order valence-electron chi connectivity index (χ2n) is 5.15. The number of rotatable bonds is 1. The Morgan fingerprint density at radius 1 is 1.00 bits per heavy atom. The Morgan fingerprint density at radius 3 is 2.07 bits per heavy atom. The normalized spacial score (nSPS) is 22.5. The molecule has 1 saturated heterocycles. The first-order chi connectivity index (χ1) is 6.51. The average molecular weight is 199 g/mol. The molecule has 0 aromatic rings. The topological polar surface area (TPSA) is 3.24 Å². The van der Waals surface area contributed by atoms with E-state index in [0.717, 1.165) is 6.04 Å². The smallest absolute Gasteiger partial charge is 0.00385 e. The molecule has 0 unspecified atom stereocenters. The van der Waals surface area contributed by atoms with Gasteiger partial charge in [-0.05, 0) is 51.6 Å². The number of nitrogens with zero attached hydrogens (tertiary/aromatic N) is 1. The van der Waals surface area contributed by atoms with Gasteiger partial charge >= 0.3 is 0 Å². The van der Waals surface area contributed by atoms with E-state index in [4.69, 9.17) is 0 Å². The molecule has 1 aliphatic rings. The second kappa shape index (κ2) is 6.44. The van der Waals surface area contributed by atoms with E-state index in [1.807, 2.05) is 13.8 Å². The Kier molecular flexibility index (Phi) is 6.43. The fourth-order valence-electron chi connectivity index (χ4n) is 1.96. The van der Waals surface area contributed by atoms with Gasteiger partial charge in [0.15, 0.2) is 0 Å². The van der Waals surface area contributed by atoms with E-state index in [2.05, 4.69) is 32.6 Å². The summed E-state index contributed by atoms with van der Waals surface area (Å²) in [7, 11) is 0. The summed E-state index contributed by atoms with van der Waals surface area (Å²) in [5, 5.41) is 0. The fourth-order valence-corrected chi connectivity index (χ4v) is 1.96. The van der Waals surface area contributed by atoms with Crippen molar-refractivity contribution in [3.63, 3.8) is 0 Å². The van der Waals surface area contributed by atoms with Crippen LogP contribution in [0.3, 0.4) is 0 Å². The third-order valence-corrected chi connectivity index (χ3v) is 3.10. The molecule has 14 heavy (non-hydrogen) atoms. The van der Waals surface area contributed by atoms with E-state index < -0.39 is 0 Å². The van der Waals surface area contributed by atoms with Crippen LogP contribution >= 0.6 is 0 Å². The van der Waals surface area contributed by atoms with Crippen molar-refractivity contribution in [1.82, 2.24) is 4.90 Å². The summed E-state index contributed by atoms with van der Waals surface area (Å²) in [5.74, 6) is 0. The number of hydrogen-bond donors (Lipinski definition) is 0. The summed E-state index contributed by atoms with van der Waals surface area (Å²) in [5.41, 5.74) is 0.587. The Bertz CT molecular complexity index is 138. The van der Waals surface area contributed by atoms with Crippen molar-refractivity contribution in [1.29, 1.82) is 0 Å². The standard InChI is InChI=1S/C11H23N.C2H6/c1-10(2)12-8-5-6-11(3,4)7-9-12;1-2/h10H,5-9H2,1-4H3;1-2H3. The SMILES string of the molecule is CC.CC(C)N1CCCC(C)(C)CC1. The van der Waals surface area contributed by atoms with Gasteiger partial charge in [0.05, 0.1) is 0 Å². The van der Waals surface area contributed by atoms with Crippen LogP contribution in [0.25, 0.3) is 0 Å². The monoisotopic (exact) mass is 199 g/mol. The van der Waals surface area contributed by atoms with Crippen LogP contribution < -0.4 is 0 Å². The van der Waals surface area contributed by atoms with E-state index in [1.54, 1.807) is 0 Å². The quantitative estimate of drug-likeness (QED) is 0.618. The third kappa shape index (κ3) is 4.99. The Morgan fingerprint density at radius 2 is 1.57 bits per heavy atom. The minimum Gasteiger partial charge on any atom is -0.301 e. The highest BCUT2D eigenvalue weighted by Crippen LogP contribution is 2.30. The Hall–Kier alpha value is -0.0400. The van der Waals surface area contributed by atoms with Crippen LogP contribution in [-0.4, -0.2) is 24.0 Å². The van der Waals surface area contributed by atoms with Crippen LogP contribution in [-0.2, 0) is 0 Å². The lowest BCUT2D eigenvalue weighted by Crippen LogP contribution is -2.32. The van der Waals surface area contributed by atoms with Crippen LogP contribution in [0, 0.1) is 5.41 Å². The summed E-state index contributed by atoms with van der Waals surface area (Å²) < 4.78 is 0. The Balaban J connectivity index is 0.000000791. The lowest BCUT2D eigenvalue weighted by atomic mass is 9.85. The number of hydrogen-bond acceptors (Lipinski definition) is 1. The summed E-state index contributed by atoms with van der Waals surface area (Å²) in [4.78, 5) is 2.61. The zero-order chi connectivity index (χ0) is 11.2. The molecule has 0 saturated carbocycles. The van der Waals surface area contributed by atoms with Crippen LogP contribution in [0.5, 0.6) is 0 Å². The first-order valence-electron chi connectivity index (χ1n) is 6.25. The van der Waals surface area contributed by atoms with E-state index in [1.165, 1.54) is 32.4 Å². The van der Waals surface area contributed by atoms with Gasteiger partial charge in [-0.2, -0.15) is 0 Å². The largest absolute Gasteiger partial charge is 0.301 e. The molecule has 1 heteroatoms. The fraction of sp³-hybridized carbons (Fsp3) is 1.00. The molecule has 0 spiro atoms. The highest BCUT2D eigenvalue weighted by atomic mass is 15.1. The van der Waals surface area contributed by atoms with Crippen LogP contribution in [0.4, 0.5) is 0 Å². The van der Waals surface area contributed by atoms with Crippen LogP contribution in [0.15, 0.2) is 0 Å². The van der Waals surface area contributed by atoms with Crippen molar-refractivity contribution < 1.29 is 0 Å². The van der Waals surface area contributed by atoms with Gasteiger partial charge in [-0.15, -0.1) is 0 Å². The van der Waals surface area contributed by atoms with Crippen molar-refractivity contribution in [2.45, 2.75) is 66.8 Å². The van der Waals surface area contributed by atoms with Gasteiger partial charge in [0, 0.05) is 6.04 Å². The highest BCUT2D eigenvalue weighted by molar-refractivity contribution is 4.77. The minimum absolute atomic E-state index is 0.587. The van der Waals surface area contributed by atoms with E-state index >= 15 is 0 Å². The molecule has 0 radical (unpaired) electrons. The van der Waals surface area contributed by atoms with Gasteiger partial charge < -0.3 is 4.90 Å². The molecule has 1 nitrogen and oxygen atoms in total. The summed E-state index contributed by atoms with van der Waals surface area (Å²) in [6.07, 6.45) is 4.15. The molecule has 1 heterocycles. The van der Waals surface area contributed by atoms with Gasteiger partial charge in [0.1, 0.15) is 0 Å². The van der Waals surface area contributed by atoms with Crippen molar-refractivity contribution in [2.24, 2.45) is 5.41 Å². The molecule has 0 amide bonds. The first-order valence-corrected chi connectivity index (χ1v) is 6.25. The maximum absolute atomic E-state index is 2.61. The first kappa shape index (κ1) is 14.0. The summed E-state index contributed by atoms with van der Waals surface area (Å²) in [6, 6.07) is 0.735. The van der Waals surface area contributed by atoms with E-state index in [-0.39, 0.29) is 0 Å². The predicted molar refractivity (Wildman–Crippen MR) is 65.7 cm³/mol. The molecule has 0 atom stereocenters. The molecule has 0 aliphatic carbocycles. The Labute approximate surface area is 90.9 Å². The maximum Gasteiger partial charge on any atom is 0.00385 e. The van der Waals surface area contributed by atoms with E-state index in [0.29, 0.717) is 5.41 Å². The van der Waals surface area contributed by atoms with E-state index in [9.17, 15) is 0 Å². The van der Waals surface area contributed by atoms with Gasteiger partial charge in [-0.1, -0.05) is 27.7 Å². The lowest BCUT2D eigenvalue weighted by Gasteiger charge is -2.25. The van der Waals surface area contributed by atoms with Gasteiger partial charge in [-0.25, -0.2) is 0 Å². The summed E-state index contributed by atoms with van der Waals surface area (Å²) in [6.45, 7) is 16.0. The van der Waals surface area contributed by atoms with Crippen molar-refractivity contribution >= 4 is 0 Å². The molecule has 0 bridgehead atoms. The van der Waals surface area contributed by atoms with Crippen molar-refractivity contribution in [3.8, 4) is 0 Å². The van der Waals surface area contributed by atoms with Gasteiger partial charge in [0.2, 0.25) is 0 Å². The van der Waals surface area contributed by atoms with Crippen molar-refractivity contribution in [3.05, 3.63) is 0 Å². The zero-order valence-corrected chi connectivity index (χ0v) is 11.1. The minimum atomic E-state index is 0.587. The molecule has 0 N–H and O–H groups in total. The molecule has 1 rings (SSSR count). The van der Waals surface area contributed by atoms with Crippen LogP contribution in [0.1, 0.15) is 60.8 Å². The van der Waals surface area contributed by atoms with Crippen LogP contribution in [0.2, 0.25) is 0 Å². The molecular formula is C13H29N. The molecule has 86 valence electrons. The van der Waals surface area contributed by atoms with Gasteiger partial charge in [0.25, 0.3) is 0 Å². The van der Waals surface area contributed by atoms with Gasteiger partial charge in [-0.3, -0.25) is 0 Å². The zero-order valence-electron chi connectivity index (χ0n) is 11.1. The maximum atomic E-state index is 2.61. The average Bonchev–Trinajstić information content (AvgIpc) is 2.30. The molecular weight excluding hydrogens is 170 g/mol. The highest BCUT2D eigenvalue weighted by Gasteiger charge is 2.23.